The van der Waals surface area contributed by atoms with Gasteiger partial charge in [0.05, 0.1) is 12.3 Å². The van der Waals surface area contributed by atoms with Crippen molar-refractivity contribution in [2.24, 2.45) is 0 Å². The Balaban J connectivity index is 1.97. The monoisotopic (exact) mass is 270 g/mol. The maximum absolute atomic E-state index is 11.4. The lowest BCUT2D eigenvalue weighted by atomic mass is 9.94. The Morgan fingerprint density at radius 3 is 2.85 bits per heavy atom. The van der Waals surface area contributed by atoms with E-state index in [0.29, 0.717) is 6.42 Å². The Hall–Kier alpha value is -2.07. The van der Waals surface area contributed by atoms with E-state index in [9.17, 15) is 4.79 Å². The first-order chi connectivity index (χ1) is 9.69. The maximum Gasteiger partial charge on any atom is 0.224 e. The zero-order valence-corrected chi connectivity index (χ0v) is 11.7. The summed E-state index contributed by atoms with van der Waals surface area (Å²) in [6.45, 7) is 1.97. The second kappa shape index (κ2) is 5.13. The molecule has 1 unspecified atom stereocenters. The number of carbonyl (C=O) groups is 1. The topological polar surface area (TPSA) is 54.3 Å². The lowest BCUT2D eigenvalue weighted by Gasteiger charge is -2.21. The second-order valence-electron chi connectivity index (χ2n) is 5.12. The molecule has 3 rings (SSSR count). The Kier molecular flexibility index (Phi) is 3.32. The SMILES string of the molecule is CNC(c1ccc2c(c1)CCC(=O)N2)c1ccoc1C. The summed E-state index contributed by atoms with van der Waals surface area (Å²) in [5.74, 6) is 1.02. The molecule has 2 N–H and O–H groups in total. The summed E-state index contributed by atoms with van der Waals surface area (Å²) in [7, 11) is 1.94. The van der Waals surface area contributed by atoms with E-state index in [2.05, 4.69) is 22.8 Å². The van der Waals surface area contributed by atoms with Crippen LogP contribution < -0.4 is 10.6 Å². The van der Waals surface area contributed by atoms with E-state index in [0.717, 1.165) is 23.4 Å². The minimum absolute atomic E-state index is 0.0982. The molecule has 1 atom stereocenters. The van der Waals surface area contributed by atoms with Crippen LogP contribution in [0.2, 0.25) is 0 Å². The van der Waals surface area contributed by atoms with Crippen molar-refractivity contribution in [1.82, 2.24) is 5.32 Å². The van der Waals surface area contributed by atoms with Crippen LogP contribution in [0, 0.1) is 6.92 Å². The predicted molar refractivity (Wildman–Crippen MR) is 77.7 cm³/mol. The molecule has 0 saturated heterocycles. The Morgan fingerprint density at radius 1 is 1.30 bits per heavy atom. The van der Waals surface area contributed by atoms with Gasteiger partial charge in [0, 0.05) is 17.7 Å². The van der Waals surface area contributed by atoms with Crippen LogP contribution in [0.25, 0.3) is 0 Å². The first-order valence-electron chi connectivity index (χ1n) is 6.83. The average molecular weight is 270 g/mol. The first-order valence-corrected chi connectivity index (χ1v) is 6.83. The van der Waals surface area contributed by atoms with Gasteiger partial charge in [-0.2, -0.15) is 0 Å². The van der Waals surface area contributed by atoms with Crippen molar-refractivity contribution < 1.29 is 9.21 Å². The molecule has 104 valence electrons. The van der Waals surface area contributed by atoms with Gasteiger partial charge in [0.1, 0.15) is 5.76 Å². The second-order valence-corrected chi connectivity index (χ2v) is 5.12. The maximum atomic E-state index is 11.4. The van der Waals surface area contributed by atoms with Crippen LogP contribution in [-0.2, 0) is 11.2 Å². The summed E-state index contributed by atoms with van der Waals surface area (Å²) in [6, 6.07) is 8.32. The molecule has 1 aromatic carbocycles. The van der Waals surface area contributed by atoms with Gasteiger partial charge in [0.25, 0.3) is 0 Å². The number of rotatable bonds is 3. The zero-order chi connectivity index (χ0) is 14.1. The summed E-state index contributed by atoms with van der Waals surface area (Å²) in [5.41, 5.74) is 4.46. The van der Waals surface area contributed by atoms with E-state index in [-0.39, 0.29) is 11.9 Å². The van der Waals surface area contributed by atoms with Crippen LogP contribution in [0.15, 0.2) is 34.9 Å². The third-order valence-electron chi connectivity index (χ3n) is 3.86. The minimum Gasteiger partial charge on any atom is -0.469 e. The zero-order valence-electron chi connectivity index (χ0n) is 11.7. The van der Waals surface area contributed by atoms with Crippen LogP contribution in [0.5, 0.6) is 0 Å². The molecule has 0 bridgehead atoms. The average Bonchev–Trinajstić information content (AvgIpc) is 2.86. The number of fused-ring (bicyclic) bond motifs is 1. The fraction of sp³-hybridized carbons (Fsp3) is 0.312. The van der Waals surface area contributed by atoms with Gasteiger partial charge >= 0.3 is 0 Å². The molecule has 4 nitrogen and oxygen atoms in total. The van der Waals surface area contributed by atoms with Gasteiger partial charge in [-0.3, -0.25) is 4.79 Å². The molecule has 0 aliphatic carbocycles. The largest absolute Gasteiger partial charge is 0.469 e. The summed E-state index contributed by atoms with van der Waals surface area (Å²) < 4.78 is 5.40. The van der Waals surface area contributed by atoms with Crippen LogP contribution in [0.3, 0.4) is 0 Å². The van der Waals surface area contributed by atoms with Crippen molar-refractivity contribution in [3.8, 4) is 0 Å². The van der Waals surface area contributed by atoms with Crippen molar-refractivity contribution in [1.29, 1.82) is 0 Å². The third-order valence-corrected chi connectivity index (χ3v) is 3.86. The fourth-order valence-electron chi connectivity index (χ4n) is 2.78. The quantitative estimate of drug-likeness (QED) is 0.901. The van der Waals surface area contributed by atoms with E-state index in [4.69, 9.17) is 4.42 Å². The van der Waals surface area contributed by atoms with Crippen molar-refractivity contribution in [2.45, 2.75) is 25.8 Å². The van der Waals surface area contributed by atoms with Crippen LogP contribution in [0.1, 0.15) is 34.9 Å². The van der Waals surface area contributed by atoms with E-state index in [1.807, 2.05) is 26.1 Å². The minimum atomic E-state index is 0.0982. The lowest BCUT2D eigenvalue weighted by Crippen LogP contribution is -2.21. The molecule has 1 aromatic heterocycles. The lowest BCUT2D eigenvalue weighted by molar-refractivity contribution is -0.116. The summed E-state index contributed by atoms with van der Waals surface area (Å²) in [4.78, 5) is 11.4. The summed E-state index contributed by atoms with van der Waals surface area (Å²) in [6.07, 6.45) is 3.08. The Bertz CT molecular complexity index is 646. The van der Waals surface area contributed by atoms with Gasteiger partial charge in [-0.05, 0) is 43.7 Å². The molecule has 0 radical (unpaired) electrons. The third kappa shape index (κ3) is 2.23. The Labute approximate surface area is 118 Å². The van der Waals surface area contributed by atoms with Gasteiger partial charge in [0.15, 0.2) is 0 Å². The molecule has 20 heavy (non-hydrogen) atoms. The number of nitrogens with one attached hydrogen (secondary N) is 2. The van der Waals surface area contributed by atoms with Crippen LogP contribution >= 0.6 is 0 Å². The van der Waals surface area contributed by atoms with Crippen molar-refractivity contribution in [2.75, 3.05) is 12.4 Å². The van der Waals surface area contributed by atoms with E-state index >= 15 is 0 Å². The molecule has 0 saturated carbocycles. The highest BCUT2D eigenvalue weighted by molar-refractivity contribution is 5.93. The first kappa shape index (κ1) is 12.9. The molecule has 2 aromatic rings. The molecule has 4 heteroatoms. The van der Waals surface area contributed by atoms with E-state index < -0.39 is 0 Å². The summed E-state index contributed by atoms with van der Waals surface area (Å²) >= 11 is 0. The van der Waals surface area contributed by atoms with Crippen LogP contribution in [-0.4, -0.2) is 13.0 Å². The number of anilines is 1. The van der Waals surface area contributed by atoms with Gasteiger partial charge < -0.3 is 15.1 Å². The van der Waals surface area contributed by atoms with Gasteiger partial charge in [0.2, 0.25) is 5.91 Å². The van der Waals surface area contributed by atoms with Crippen molar-refractivity contribution in [3.05, 3.63) is 53.0 Å². The smallest absolute Gasteiger partial charge is 0.224 e. The highest BCUT2D eigenvalue weighted by Crippen LogP contribution is 2.30. The number of furan rings is 1. The number of aryl methyl sites for hydroxylation is 2. The summed E-state index contributed by atoms with van der Waals surface area (Å²) in [5, 5.41) is 6.24. The van der Waals surface area contributed by atoms with Crippen molar-refractivity contribution in [3.63, 3.8) is 0 Å². The Morgan fingerprint density at radius 2 is 2.15 bits per heavy atom. The standard InChI is InChI=1S/C16H18N2O2/c1-10-13(7-8-20-10)16(17-2)12-3-5-14-11(9-12)4-6-15(19)18-14/h3,5,7-9,16-17H,4,6H2,1-2H3,(H,18,19). The number of amides is 1. The molecule has 1 amide bonds. The number of benzene rings is 1. The van der Waals surface area contributed by atoms with Crippen LogP contribution in [0.4, 0.5) is 5.69 Å². The fourth-order valence-corrected chi connectivity index (χ4v) is 2.78. The molecule has 0 spiro atoms. The van der Waals surface area contributed by atoms with Gasteiger partial charge in [-0.25, -0.2) is 0 Å². The van der Waals surface area contributed by atoms with Gasteiger partial charge in [-0.1, -0.05) is 12.1 Å². The van der Waals surface area contributed by atoms with E-state index in [1.165, 1.54) is 11.1 Å². The van der Waals surface area contributed by atoms with Gasteiger partial charge in [-0.15, -0.1) is 0 Å². The number of hydrogen-bond acceptors (Lipinski definition) is 3. The number of hydrogen-bond donors (Lipinski definition) is 2. The van der Waals surface area contributed by atoms with Crippen molar-refractivity contribution >= 4 is 11.6 Å². The predicted octanol–water partition coefficient (Wildman–Crippen LogP) is 2.78. The van der Waals surface area contributed by atoms with E-state index in [1.54, 1.807) is 6.26 Å². The molecular formula is C16H18N2O2. The normalized spacial score (nSPS) is 15.6. The highest BCUT2D eigenvalue weighted by atomic mass is 16.3. The molecule has 0 fully saturated rings. The highest BCUT2D eigenvalue weighted by Gasteiger charge is 2.20. The number of carbonyl (C=O) groups excluding carboxylic acids is 1. The molecular weight excluding hydrogens is 252 g/mol. The molecule has 1 aliphatic heterocycles. The molecule has 2 heterocycles. The molecule has 1 aliphatic rings.